The van der Waals surface area contributed by atoms with Gasteiger partial charge in [0, 0.05) is 24.3 Å². The molecule has 168 valence electrons. The summed E-state index contributed by atoms with van der Waals surface area (Å²) < 4.78 is 33.1. The zero-order valence-electron chi connectivity index (χ0n) is 18.1. The number of carbonyl (C=O) groups excluding carboxylic acids is 1. The zero-order valence-corrected chi connectivity index (χ0v) is 18.9. The van der Waals surface area contributed by atoms with E-state index in [1.54, 1.807) is 12.1 Å². The van der Waals surface area contributed by atoms with Crippen molar-refractivity contribution >= 4 is 32.6 Å². The van der Waals surface area contributed by atoms with Gasteiger partial charge < -0.3 is 9.73 Å². The molecule has 1 aliphatic heterocycles. The lowest BCUT2D eigenvalue weighted by molar-refractivity contribution is 0.0997. The maximum atomic E-state index is 12.9. The second-order valence-corrected chi connectivity index (χ2v) is 9.99. The number of aryl methyl sites for hydroxylation is 1. The number of fused-ring (bicyclic) bond motifs is 1. The van der Waals surface area contributed by atoms with Crippen LogP contribution in [0.15, 0.2) is 62.6 Å². The van der Waals surface area contributed by atoms with Crippen molar-refractivity contribution < 1.29 is 17.6 Å². The molecule has 1 N–H and O–H groups in total. The van der Waals surface area contributed by atoms with Crippen molar-refractivity contribution in [3.05, 3.63) is 70.1 Å². The highest BCUT2D eigenvalue weighted by atomic mass is 32.2. The first-order valence-electron chi connectivity index (χ1n) is 10.8. The van der Waals surface area contributed by atoms with E-state index in [4.69, 9.17) is 4.42 Å². The Morgan fingerprint density at radius 2 is 1.88 bits per heavy atom. The molecule has 0 radical (unpaired) electrons. The third-order valence-electron chi connectivity index (χ3n) is 5.88. The van der Waals surface area contributed by atoms with Crippen LogP contribution in [0.4, 0.5) is 5.69 Å². The summed E-state index contributed by atoms with van der Waals surface area (Å²) in [6.07, 6.45) is 3.53. The molecule has 1 aromatic heterocycles. The van der Waals surface area contributed by atoms with E-state index in [-0.39, 0.29) is 22.1 Å². The molecule has 0 spiro atoms. The molecule has 2 heterocycles. The van der Waals surface area contributed by atoms with Gasteiger partial charge in [0.25, 0.3) is 5.91 Å². The molecule has 8 heteroatoms. The van der Waals surface area contributed by atoms with Gasteiger partial charge in [-0.2, -0.15) is 4.31 Å². The number of anilines is 1. The Hall–Kier alpha value is -2.97. The number of sulfonamides is 1. The van der Waals surface area contributed by atoms with Crippen LogP contribution < -0.4 is 10.7 Å². The number of amides is 1. The van der Waals surface area contributed by atoms with Gasteiger partial charge in [0.15, 0.2) is 11.2 Å². The fraction of sp³-hybridized carbons (Fsp3) is 0.333. The first kappa shape index (κ1) is 22.2. The SMILES string of the molecule is CCc1ccc2oc(C(=O)Nc3ccc(S(=O)(=O)N4CCCC[C@@H]4C)cc3)cc(=O)c2c1. The highest BCUT2D eigenvalue weighted by Gasteiger charge is 2.30. The van der Waals surface area contributed by atoms with Crippen molar-refractivity contribution in [1.82, 2.24) is 4.31 Å². The third kappa shape index (κ3) is 4.33. The van der Waals surface area contributed by atoms with Gasteiger partial charge in [-0.1, -0.05) is 19.4 Å². The molecule has 3 aromatic rings. The van der Waals surface area contributed by atoms with E-state index in [2.05, 4.69) is 5.32 Å². The Bertz CT molecular complexity index is 1310. The Morgan fingerprint density at radius 3 is 2.56 bits per heavy atom. The molecule has 1 atom stereocenters. The van der Waals surface area contributed by atoms with E-state index in [9.17, 15) is 18.0 Å². The Balaban J connectivity index is 1.53. The summed E-state index contributed by atoms with van der Waals surface area (Å²) in [7, 11) is -3.58. The van der Waals surface area contributed by atoms with Crippen LogP contribution in [0.1, 0.15) is 49.2 Å². The summed E-state index contributed by atoms with van der Waals surface area (Å²) in [5.41, 5.74) is 1.47. The highest BCUT2D eigenvalue weighted by molar-refractivity contribution is 7.89. The molecule has 1 saturated heterocycles. The fourth-order valence-electron chi connectivity index (χ4n) is 4.00. The average Bonchev–Trinajstić information content (AvgIpc) is 2.79. The number of carbonyl (C=O) groups is 1. The van der Waals surface area contributed by atoms with Gasteiger partial charge in [-0.3, -0.25) is 9.59 Å². The van der Waals surface area contributed by atoms with Crippen molar-refractivity contribution in [2.75, 3.05) is 11.9 Å². The van der Waals surface area contributed by atoms with Crippen molar-refractivity contribution in [3.63, 3.8) is 0 Å². The molecule has 4 rings (SSSR count). The van der Waals surface area contributed by atoms with Gasteiger partial charge >= 0.3 is 0 Å². The molecule has 1 amide bonds. The van der Waals surface area contributed by atoms with Gasteiger partial charge in [-0.15, -0.1) is 0 Å². The van der Waals surface area contributed by atoms with E-state index < -0.39 is 15.9 Å². The van der Waals surface area contributed by atoms with Crippen molar-refractivity contribution in [2.24, 2.45) is 0 Å². The molecule has 0 bridgehead atoms. The van der Waals surface area contributed by atoms with Crippen molar-refractivity contribution in [2.45, 2.75) is 50.5 Å². The van der Waals surface area contributed by atoms with Crippen LogP contribution in [0.25, 0.3) is 11.0 Å². The standard InChI is InChI=1S/C24H26N2O5S/c1-3-17-7-12-22-20(14-17)21(27)15-23(31-22)24(28)25-18-8-10-19(11-9-18)32(29,30)26-13-5-4-6-16(26)2/h7-12,14-16H,3-6,13H2,1-2H3,(H,25,28)/t16-/m0/s1. The lowest BCUT2D eigenvalue weighted by atomic mass is 10.1. The topological polar surface area (TPSA) is 96.7 Å². The molecule has 32 heavy (non-hydrogen) atoms. The fourth-order valence-corrected chi connectivity index (χ4v) is 5.70. The molecule has 1 aliphatic rings. The second-order valence-electron chi connectivity index (χ2n) is 8.10. The predicted molar refractivity (Wildman–Crippen MR) is 123 cm³/mol. The Kier molecular flexibility index (Phi) is 6.17. The molecule has 0 aliphatic carbocycles. The van der Waals surface area contributed by atoms with E-state index in [1.807, 2.05) is 19.9 Å². The van der Waals surface area contributed by atoms with Gasteiger partial charge in [0.05, 0.1) is 10.3 Å². The molecule has 1 fully saturated rings. The van der Waals surface area contributed by atoms with Crippen molar-refractivity contribution in [3.8, 4) is 0 Å². The third-order valence-corrected chi connectivity index (χ3v) is 7.91. The number of nitrogens with one attached hydrogen (secondary N) is 1. The number of benzene rings is 2. The van der Waals surface area contributed by atoms with E-state index in [1.165, 1.54) is 34.6 Å². The van der Waals surface area contributed by atoms with E-state index >= 15 is 0 Å². The molecule has 0 unspecified atom stereocenters. The summed E-state index contributed by atoms with van der Waals surface area (Å²) in [6, 6.07) is 12.5. The average molecular weight is 455 g/mol. The molecule has 7 nitrogen and oxygen atoms in total. The zero-order chi connectivity index (χ0) is 22.9. The number of rotatable bonds is 5. The Labute approximate surface area is 187 Å². The van der Waals surface area contributed by atoms with Gasteiger partial charge in [-0.05, 0) is 68.1 Å². The summed E-state index contributed by atoms with van der Waals surface area (Å²) in [6.45, 7) is 4.43. The van der Waals surface area contributed by atoms with Gasteiger partial charge in [0.2, 0.25) is 10.0 Å². The number of hydrogen-bond donors (Lipinski definition) is 1. The predicted octanol–water partition coefficient (Wildman–Crippen LogP) is 4.17. The lowest BCUT2D eigenvalue weighted by Gasteiger charge is -2.32. The quantitative estimate of drug-likeness (QED) is 0.624. The van der Waals surface area contributed by atoms with Crippen LogP contribution in [0.3, 0.4) is 0 Å². The minimum Gasteiger partial charge on any atom is -0.451 e. The molecule has 0 saturated carbocycles. The van der Waals surface area contributed by atoms with Crippen LogP contribution >= 0.6 is 0 Å². The van der Waals surface area contributed by atoms with Crippen LogP contribution in [0.5, 0.6) is 0 Å². The lowest BCUT2D eigenvalue weighted by Crippen LogP contribution is -2.41. The van der Waals surface area contributed by atoms with Crippen LogP contribution in [-0.4, -0.2) is 31.2 Å². The Morgan fingerprint density at radius 1 is 1.12 bits per heavy atom. The smallest absolute Gasteiger partial charge is 0.291 e. The highest BCUT2D eigenvalue weighted by Crippen LogP contribution is 2.26. The van der Waals surface area contributed by atoms with Gasteiger partial charge in [0.1, 0.15) is 5.58 Å². The second kappa shape index (κ2) is 8.88. The van der Waals surface area contributed by atoms with Crippen molar-refractivity contribution in [1.29, 1.82) is 0 Å². The van der Waals surface area contributed by atoms with E-state index in [0.29, 0.717) is 23.2 Å². The summed E-state index contributed by atoms with van der Waals surface area (Å²) >= 11 is 0. The van der Waals surface area contributed by atoms with Crippen LogP contribution in [0, 0.1) is 0 Å². The number of nitrogens with zero attached hydrogens (tertiary/aromatic N) is 1. The molecular weight excluding hydrogens is 428 g/mol. The minimum absolute atomic E-state index is 0.0302. The molecule has 2 aromatic carbocycles. The molecular formula is C24H26N2O5S. The summed E-state index contributed by atoms with van der Waals surface area (Å²) in [5.74, 6) is -0.686. The minimum atomic E-state index is -3.58. The number of piperidine rings is 1. The maximum absolute atomic E-state index is 12.9. The first-order chi connectivity index (χ1) is 15.3. The monoisotopic (exact) mass is 454 g/mol. The van der Waals surface area contributed by atoms with Gasteiger partial charge in [-0.25, -0.2) is 8.42 Å². The van der Waals surface area contributed by atoms with Crippen LogP contribution in [0.2, 0.25) is 0 Å². The normalized spacial score (nSPS) is 17.4. The maximum Gasteiger partial charge on any atom is 0.291 e. The van der Waals surface area contributed by atoms with Crippen LogP contribution in [-0.2, 0) is 16.4 Å². The number of hydrogen-bond acceptors (Lipinski definition) is 5. The first-order valence-corrected chi connectivity index (χ1v) is 12.2. The summed E-state index contributed by atoms with van der Waals surface area (Å²) in [4.78, 5) is 25.3. The summed E-state index contributed by atoms with van der Waals surface area (Å²) in [5, 5.41) is 3.09. The van der Waals surface area contributed by atoms with E-state index in [0.717, 1.165) is 31.2 Å². The largest absolute Gasteiger partial charge is 0.451 e.